The van der Waals surface area contributed by atoms with Crippen LogP contribution in [0, 0.1) is 0 Å². The number of hydrogen-bond donors (Lipinski definition) is 1. The molecule has 0 fully saturated rings. The van der Waals surface area contributed by atoms with Gasteiger partial charge in [-0.15, -0.1) is 0 Å². The molecule has 0 aliphatic carbocycles. The second kappa shape index (κ2) is 4.56. The Kier molecular flexibility index (Phi) is 3.92. The Balaban J connectivity index is 2.97. The van der Waals surface area contributed by atoms with E-state index in [0.29, 0.717) is 10.0 Å². The lowest BCUT2D eigenvalue weighted by molar-refractivity contribution is 0.393. The zero-order valence-electron chi connectivity index (χ0n) is 7.46. The van der Waals surface area contributed by atoms with Crippen LogP contribution < -0.4 is 0 Å². The van der Waals surface area contributed by atoms with Crippen molar-refractivity contribution in [3.63, 3.8) is 0 Å². The Morgan fingerprint density at radius 3 is 2.31 bits per heavy atom. The predicted molar refractivity (Wildman–Crippen MR) is 61.9 cm³/mol. The molecule has 1 aromatic carbocycles. The zero-order valence-corrected chi connectivity index (χ0v) is 9.87. The average Bonchev–Trinajstić information content (AvgIpc) is 2.08. The highest BCUT2D eigenvalue weighted by Crippen LogP contribution is 2.28. The van der Waals surface area contributed by atoms with Crippen molar-refractivity contribution in [2.24, 2.45) is 0 Å². The van der Waals surface area contributed by atoms with Crippen LogP contribution in [0.3, 0.4) is 0 Å². The van der Waals surface area contributed by atoms with Gasteiger partial charge in [-0.2, -0.15) is 12.6 Å². The second-order valence-corrected chi connectivity index (χ2v) is 4.31. The van der Waals surface area contributed by atoms with E-state index in [9.17, 15) is 0 Å². The van der Waals surface area contributed by atoms with Gasteiger partial charge in [-0.25, -0.2) is 0 Å². The molecule has 0 saturated heterocycles. The average molecular weight is 236 g/mol. The van der Waals surface area contributed by atoms with Gasteiger partial charge in [0.05, 0.1) is 15.4 Å². The first-order valence-corrected chi connectivity index (χ1v) is 5.09. The standard InChI is InChI=1S/C9H11Cl2NS/c1-12(2)9(13)6-3-4-7(10)8(11)5-6/h3-5,9,13H,1-2H3. The minimum absolute atomic E-state index is 0.0507. The molecule has 1 atom stereocenters. The smallest absolute Gasteiger partial charge is 0.0780 e. The normalized spacial score (nSPS) is 13.4. The Morgan fingerprint density at radius 2 is 1.85 bits per heavy atom. The van der Waals surface area contributed by atoms with E-state index in [2.05, 4.69) is 12.6 Å². The third-order valence-electron chi connectivity index (χ3n) is 1.73. The van der Waals surface area contributed by atoms with E-state index in [1.165, 1.54) is 0 Å². The summed E-state index contributed by atoms with van der Waals surface area (Å²) in [6.07, 6.45) is 0. The fourth-order valence-corrected chi connectivity index (χ4v) is 1.44. The number of halogens is 2. The molecule has 0 amide bonds. The molecule has 0 heterocycles. The largest absolute Gasteiger partial charge is 0.294 e. The van der Waals surface area contributed by atoms with E-state index in [1.807, 2.05) is 31.1 Å². The van der Waals surface area contributed by atoms with Crippen molar-refractivity contribution in [2.75, 3.05) is 14.1 Å². The summed E-state index contributed by atoms with van der Waals surface area (Å²) in [5.41, 5.74) is 1.04. The maximum Gasteiger partial charge on any atom is 0.0780 e. The first kappa shape index (κ1) is 11.2. The van der Waals surface area contributed by atoms with E-state index in [-0.39, 0.29) is 5.37 Å². The summed E-state index contributed by atoms with van der Waals surface area (Å²) in [6, 6.07) is 5.54. The maximum absolute atomic E-state index is 5.88. The number of nitrogens with zero attached hydrogens (tertiary/aromatic N) is 1. The van der Waals surface area contributed by atoms with E-state index < -0.39 is 0 Å². The van der Waals surface area contributed by atoms with E-state index >= 15 is 0 Å². The molecule has 72 valence electrons. The maximum atomic E-state index is 5.88. The van der Waals surface area contributed by atoms with Gasteiger partial charge in [0.2, 0.25) is 0 Å². The molecular formula is C9H11Cl2NS. The van der Waals surface area contributed by atoms with Crippen LogP contribution >= 0.6 is 35.8 Å². The molecule has 0 aliphatic rings. The molecule has 1 nitrogen and oxygen atoms in total. The van der Waals surface area contributed by atoms with Gasteiger partial charge in [0.15, 0.2) is 0 Å². The van der Waals surface area contributed by atoms with Crippen LogP contribution in [0.2, 0.25) is 10.0 Å². The van der Waals surface area contributed by atoms with Crippen LogP contribution in [0.15, 0.2) is 18.2 Å². The molecule has 1 aromatic rings. The van der Waals surface area contributed by atoms with E-state index in [1.54, 1.807) is 6.07 Å². The van der Waals surface area contributed by atoms with Crippen LogP contribution in [0.1, 0.15) is 10.9 Å². The highest BCUT2D eigenvalue weighted by Gasteiger charge is 2.09. The highest BCUT2D eigenvalue weighted by atomic mass is 35.5. The molecule has 13 heavy (non-hydrogen) atoms. The van der Waals surface area contributed by atoms with Gasteiger partial charge in [0.25, 0.3) is 0 Å². The lowest BCUT2D eigenvalue weighted by Crippen LogP contribution is -2.14. The highest BCUT2D eigenvalue weighted by molar-refractivity contribution is 7.80. The van der Waals surface area contributed by atoms with Crippen LogP contribution in [-0.2, 0) is 0 Å². The SMILES string of the molecule is CN(C)C(S)c1ccc(Cl)c(Cl)c1. The fourth-order valence-electron chi connectivity index (χ4n) is 0.971. The van der Waals surface area contributed by atoms with Gasteiger partial charge in [-0.05, 0) is 31.8 Å². The lowest BCUT2D eigenvalue weighted by Gasteiger charge is -2.19. The molecule has 0 spiro atoms. The quantitative estimate of drug-likeness (QED) is 0.607. The number of thiol groups is 1. The van der Waals surface area contributed by atoms with Crippen molar-refractivity contribution < 1.29 is 0 Å². The van der Waals surface area contributed by atoms with Gasteiger partial charge in [0, 0.05) is 0 Å². The van der Waals surface area contributed by atoms with Crippen molar-refractivity contribution in [2.45, 2.75) is 5.37 Å². The van der Waals surface area contributed by atoms with Crippen LogP contribution in [0.4, 0.5) is 0 Å². The molecule has 1 unspecified atom stereocenters. The van der Waals surface area contributed by atoms with Gasteiger partial charge < -0.3 is 0 Å². The summed E-state index contributed by atoms with van der Waals surface area (Å²) >= 11 is 16.1. The minimum atomic E-state index is 0.0507. The predicted octanol–water partition coefficient (Wildman–Crippen LogP) is 3.48. The summed E-state index contributed by atoms with van der Waals surface area (Å²) in [4.78, 5) is 1.99. The van der Waals surface area contributed by atoms with E-state index in [4.69, 9.17) is 23.2 Å². The van der Waals surface area contributed by atoms with E-state index in [0.717, 1.165) is 5.56 Å². The summed E-state index contributed by atoms with van der Waals surface area (Å²) in [6.45, 7) is 0. The zero-order chi connectivity index (χ0) is 10.0. The molecule has 0 bridgehead atoms. The van der Waals surface area contributed by atoms with Gasteiger partial charge >= 0.3 is 0 Å². The molecule has 1 rings (SSSR count). The van der Waals surface area contributed by atoms with Gasteiger partial charge in [-0.1, -0.05) is 29.3 Å². The Labute approximate surface area is 94.0 Å². The van der Waals surface area contributed by atoms with Crippen molar-refractivity contribution in [1.29, 1.82) is 0 Å². The van der Waals surface area contributed by atoms with Crippen molar-refractivity contribution in [3.8, 4) is 0 Å². The first-order valence-electron chi connectivity index (χ1n) is 3.82. The number of benzene rings is 1. The van der Waals surface area contributed by atoms with Gasteiger partial charge in [0.1, 0.15) is 0 Å². The molecule has 0 aliphatic heterocycles. The number of hydrogen-bond acceptors (Lipinski definition) is 2. The van der Waals surface area contributed by atoms with Crippen molar-refractivity contribution >= 4 is 35.8 Å². The Morgan fingerprint density at radius 1 is 1.23 bits per heavy atom. The molecule has 4 heteroatoms. The Hall–Kier alpha value is 0.110. The van der Waals surface area contributed by atoms with Gasteiger partial charge in [-0.3, -0.25) is 4.90 Å². The number of rotatable bonds is 2. The molecule has 0 N–H and O–H groups in total. The topological polar surface area (TPSA) is 3.24 Å². The molecular weight excluding hydrogens is 225 g/mol. The monoisotopic (exact) mass is 235 g/mol. The Bertz CT molecular complexity index is 302. The van der Waals surface area contributed by atoms with Crippen LogP contribution in [0.5, 0.6) is 0 Å². The summed E-state index contributed by atoms with van der Waals surface area (Å²) in [5, 5.41) is 1.19. The lowest BCUT2D eigenvalue weighted by atomic mass is 10.2. The minimum Gasteiger partial charge on any atom is -0.294 e. The van der Waals surface area contributed by atoms with Crippen LogP contribution in [-0.4, -0.2) is 19.0 Å². The first-order chi connectivity index (χ1) is 6.02. The molecule has 0 aromatic heterocycles. The summed E-state index contributed by atoms with van der Waals surface area (Å²) in [7, 11) is 3.92. The molecule has 0 radical (unpaired) electrons. The fraction of sp³-hybridized carbons (Fsp3) is 0.333. The third kappa shape index (κ3) is 2.78. The van der Waals surface area contributed by atoms with Crippen molar-refractivity contribution in [1.82, 2.24) is 4.90 Å². The van der Waals surface area contributed by atoms with Crippen molar-refractivity contribution in [3.05, 3.63) is 33.8 Å². The third-order valence-corrected chi connectivity index (χ3v) is 3.23. The van der Waals surface area contributed by atoms with Crippen LogP contribution in [0.25, 0.3) is 0 Å². The summed E-state index contributed by atoms with van der Waals surface area (Å²) in [5.74, 6) is 0. The summed E-state index contributed by atoms with van der Waals surface area (Å²) < 4.78 is 0. The second-order valence-electron chi connectivity index (χ2n) is 3.01. The molecule has 0 saturated carbocycles.